The van der Waals surface area contributed by atoms with Crippen LogP contribution in [0.4, 0.5) is 0 Å². The molecule has 0 atom stereocenters. The molecule has 4 aromatic carbocycles. The van der Waals surface area contributed by atoms with Gasteiger partial charge in [-0.05, 0) is 84.1 Å². The molecule has 0 radical (unpaired) electrons. The maximum Gasteiger partial charge on any atom is 0.128 e. The second-order valence-corrected chi connectivity index (χ2v) is 12.4. The van der Waals surface area contributed by atoms with Crippen LogP contribution in [0.25, 0.3) is 43.1 Å². The normalized spacial score (nSPS) is 11.5. The van der Waals surface area contributed by atoms with Crippen molar-refractivity contribution in [1.82, 2.24) is 0 Å². The number of thiophene rings is 1. The molecular weight excluding hydrogens is 584 g/mol. The Labute approximate surface area is 270 Å². The van der Waals surface area contributed by atoms with Crippen LogP contribution in [0.2, 0.25) is 0 Å². The van der Waals surface area contributed by atoms with Crippen LogP contribution in [-0.2, 0) is 18.9 Å². The molecule has 0 N–H and O–H groups in total. The molecule has 7 heteroatoms. The molecule has 0 fully saturated rings. The third kappa shape index (κ3) is 7.68. The van der Waals surface area contributed by atoms with Crippen molar-refractivity contribution < 1.29 is 28.4 Å². The van der Waals surface area contributed by atoms with Crippen LogP contribution in [0.15, 0.2) is 60.7 Å². The first-order valence-corrected chi connectivity index (χ1v) is 16.3. The SMILES string of the molecule is COCCOCCOc1ccc2cc(C)ccc2c1-c1c(OCCOCCOC)ccc2cc(-c3sc(C)c(C)c3C)ccc12. The summed E-state index contributed by atoms with van der Waals surface area (Å²) in [7, 11) is 3.34. The quantitative estimate of drug-likeness (QED) is 0.102. The van der Waals surface area contributed by atoms with Gasteiger partial charge < -0.3 is 28.4 Å². The summed E-state index contributed by atoms with van der Waals surface area (Å²) < 4.78 is 34.6. The number of aryl methyl sites for hydroxylation is 2. The van der Waals surface area contributed by atoms with Crippen molar-refractivity contribution in [3.8, 4) is 33.1 Å². The summed E-state index contributed by atoms with van der Waals surface area (Å²) in [6.07, 6.45) is 0. The molecular formula is C38H44O6S. The maximum atomic E-state index is 6.47. The second-order valence-electron chi connectivity index (χ2n) is 11.2. The van der Waals surface area contributed by atoms with E-state index in [0.717, 1.165) is 44.2 Å². The molecule has 1 aromatic heterocycles. The Morgan fingerprint density at radius 3 is 1.60 bits per heavy atom. The van der Waals surface area contributed by atoms with Crippen LogP contribution in [0, 0.1) is 27.7 Å². The predicted octanol–water partition coefficient (Wildman–Crippen LogP) is 8.71. The fraction of sp³-hybridized carbons (Fsp3) is 0.368. The summed E-state index contributed by atoms with van der Waals surface area (Å²) in [6, 6.07) is 21.8. The molecule has 0 aliphatic heterocycles. The number of ether oxygens (including phenoxy) is 6. The number of hydrogen-bond acceptors (Lipinski definition) is 7. The Morgan fingerprint density at radius 1 is 0.533 bits per heavy atom. The van der Waals surface area contributed by atoms with Gasteiger partial charge in [0, 0.05) is 35.1 Å². The minimum atomic E-state index is 0.417. The Balaban J connectivity index is 1.62. The molecule has 5 rings (SSSR count). The second kappa shape index (κ2) is 15.7. The van der Waals surface area contributed by atoms with Crippen LogP contribution in [-0.4, -0.2) is 67.1 Å². The molecule has 5 aromatic rings. The van der Waals surface area contributed by atoms with Crippen molar-refractivity contribution in [2.45, 2.75) is 27.7 Å². The molecule has 45 heavy (non-hydrogen) atoms. The van der Waals surface area contributed by atoms with Gasteiger partial charge in [0.05, 0.1) is 39.6 Å². The molecule has 0 bridgehead atoms. The van der Waals surface area contributed by atoms with E-state index in [1.54, 1.807) is 14.2 Å². The van der Waals surface area contributed by atoms with Gasteiger partial charge in [-0.1, -0.05) is 48.0 Å². The van der Waals surface area contributed by atoms with E-state index >= 15 is 0 Å². The first kappa shape index (κ1) is 32.9. The molecule has 0 unspecified atom stereocenters. The zero-order valence-electron chi connectivity index (χ0n) is 27.3. The minimum Gasteiger partial charge on any atom is -0.491 e. The highest BCUT2D eigenvalue weighted by Gasteiger charge is 2.20. The molecule has 1 heterocycles. The third-order valence-electron chi connectivity index (χ3n) is 8.15. The number of rotatable bonds is 16. The standard InChI is InChI=1S/C38H44O6S/c1-25-7-11-32-29(23-25)9-13-34(43-21-19-41-17-15-39-5)36(32)37-33-12-8-31(38-27(3)26(2)28(4)45-38)24-30(33)10-14-35(37)44-22-20-42-18-16-40-6/h7-14,23-24H,15-22H2,1-6H3. The van der Waals surface area contributed by atoms with E-state index < -0.39 is 0 Å². The number of fused-ring (bicyclic) bond motifs is 2. The van der Waals surface area contributed by atoms with Gasteiger partial charge >= 0.3 is 0 Å². The van der Waals surface area contributed by atoms with Crippen molar-refractivity contribution >= 4 is 32.9 Å². The first-order chi connectivity index (χ1) is 21.9. The van der Waals surface area contributed by atoms with Gasteiger partial charge in [-0.2, -0.15) is 0 Å². The molecule has 0 saturated carbocycles. The summed E-state index contributed by atoms with van der Waals surface area (Å²) in [4.78, 5) is 2.68. The highest BCUT2D eigenvalue weighted by molar-refractivity contribution is 7.15. The number of methoxy groups -OCH3 is 2. The summed E-state index contributed by atoms with van der Waals surface area (Å²) >= 11 is 1.86. The van der Waals surface area contributed by atoms with Gasteiger partial charge in [0.25, 0.3) is 0 Å². The number of benzene rings is 4. The van der Waals surface area contributed by atoms with Gasteiger partial charge in [-0.15, -0.1) is 11.3 Å². The first-order valence-electron chi connectivity index (χ1n) is 15.5. The summed E-state index contributed by atoms with van der Waals surface area (Å²) in [5, 5.41) is 4.51. The lowest BCUT2D eigenvalue weighted by Crippen LogP contribution is -2.11. The summed E-state index contributed by atoms with van der Waals surface area (Å²) in [5.41, 5.74) is 7.17. The van der Waals surface area contributed by atoms with E-state index in [4.69, 9.17) is 28.4 Å². The molecule has 0 amide bonds. The Morgan fingerprint density at radius 2 is 1.07 bits per heavy atom. The van der Waals surface area contributed by atoms with Gasteiger partial charge in [-0.3, -0.25) is 0 Å². The van der Waals surface area contributed by atoms with Crippen molar-refractivity contribution in [3.05, 3.63) is 82.2 Å². The van der Waals surface area contributed by atoms with Crippen LogP contribution in [0.5, 0.6) is 11.5 Å². The van der Waals surface area contributed by atoms with Crippen LogP contribution in [0.3, 0.4) is 0 Å². The smallest absolute Gasteiger partial charge is 0.128 e. The van der Waals surface area contributed by atoms with Crippen molar-refractivity contribution in [2.24, 2.45) is 0 Å². The lowest BCUT2D eigenvalue weighted by atomic mass is 9.91. The van der Waals surface area contributed by atoms with E-state index in [1.807, 2.05) is 11.3 Å². The zero-order valence-corrected chi connectivity index (χ0v) is 28.1. The van der Waals surface area contributed by atoms with Crippen LogP contribution >= 0.6 is 11.3 Å². The lowest BCUT2D eigenvalue weighted by Gasteiger charge is -2.20. The Kier molecular flexibility index (Phi) is 11.5. The molecule has 0 aliphatic carbocycles. The van der Waals surface area contributed by atoms with E-state index in [2.05, 4.69) is 88.4 Å². The van der Waals surface area contributed by atoms with E-state index in [1.165, 1.54) is 32.0 Å². The number of hydrogen-bond donors (Lipinski definition) is 0. The van der Waals surface area contributed by atoms with Crippen LogP contribution in [0.1, 0.15) is 21.6 Å². The maximum absolute atomic E-state index is 6.47. The van der Waals surface area contributed by atoms with Gasteiger partial charge in [0.2, 0.25) is 0 Å². The Hall–Kier alpha value is -3.46. The topological polar surface area (TPSA) is 55.4 Å². The van der Waals surface area contributed by atoms with Crippen LogP contribution < -0.4 is 9.47 Å². The molecule has 0 aliphatic rings. The molecule has 6 nitrogen and oxygen atoms in total. The third-order valence-corrected chi connectivity index (χ3v) is 9.51. The van der Waals surface area contributed by atoms with Gasteiger partial charge in [-0.25, -0.2) is 0 Å². The van der Waals surface area contributed by atoms with Crippen molar-refractivity contribution in [1.29, 1.82) is 0 Å². The monoisotopic (exact) mass is 628 g/mol. The molecule has 0 saturated heterocycles. The minimum absolute atomic E-state index is 0.417. The fourth-order valence-corrected chi connectivity index (χ4v) is 6.73. The molecule has 0 spiro atoms. The van der Waals surface area contributed by atoms with Crippen molar-refractivity contribution in [2.75, 3.05) is 67.1 Å². The largest absolute Gasteiger partial charge is 0.491 e. The van der Waals surface area contributed by atoms with Crippen molar-refractivity contribution in [3.63, 3.8) is 0 Å². The van der Waals surface area contributed by atoms with E-state index in [-0.39, 0.29) is 0 Å². The zero-order chi connectivity index (χ0) is 31.8. The molecule has 238 valence electrons. The Bertz CT molecular complexity index is 1740. The predicted molar refractivity (Wildman–Crippen MR) is 186 cm³/mol. The average Bonchev–Trinajstić information content (AvgIpc) is 3.30. The average molecular weight is 629 g/mol. The summed E-state index contributed by atoms with van der Waals surface area (Å²) in [5.74, 6) is 1.58. The van der Waals surface area contributed by atoms with E-state index in [9.17, 15) is 0 Å². The fourth-order valence-electron chi connectivity index (χ4n) is 5.56. The summed E-state index contributed by atoms with van der Waals surface area (Å²) in [6.45, 7) is 12.7. The highest BCUT2D eigenvalue weighted by Crippen LogP contribution is 2.47. The van der Waals surface area contributed by atoms with E-state index in [0.29, 0.717) is 52.9 Å². The van der Waals surface area contributed by atoms with Gasteiger partial charge in [0.1, 0.15) is 24.7 Å². The lowest BCUT2D eigenvalue weighted by molar-refractivity contribution is 0.0542. The van der Waals surface area contributed by atoms with Gasteiger partial charge in [0.15, 0.2) is 0 Å². The highest BCUT2D eigenvalue weighted by atomic mass is 32.1.